The third kappa shape index (κ3) is 2.54. The summed E-state index contributed by atoms with van der Waals surface area (Å²) >= 11 is 0. The van der Waals surface area contributed by atoms with Crippen molar-refractivity contribution in [1.82, 2.24) is 0 Å². The van der Waals surface area contributed by atoms with E-state index in [0.717, 1.165) is 5.56 Å². The van der Waals surface area contributed by atoms with Crippen molar-refractivity contribution in [3.63, 3.8) is 0 Å². The van der Waals surface area contributed by atoms with E-state index in [2.05, 4.69) is 0 Å². The molecule has 0 bridgehead atoms. The highest BCUT2D eigenvalue weighted by Gasteiger charge is 2.35. The first-order valence-electron chi connectivity index (χ1n) is 5.45. The van der Waals surface area contributed by atoms with E-state index in [1.807, 2.05) is 13.8 Å². The summed E-state index contributed by atoms with van der Waals surface area (Å²) in [4.78, 5) is 11.4. The number of carboxylic acids is 1. The van der Waals surface area contributed by atoms with Gasteiger partial charge in [-0.25, -0.2) is 0 Å². The van der Waals surface area contributed by atoms with E-state index in [-0.39, 0.29) is 0 Å². The molecule has 0 aromatic heterocycles. The molecule has 16 heavy (non-hydrogen) atoms. The Morgan fingerprint density at radius 2 is 1.88 bits per heavy atom. The van der Waals surface area contributed by atoms with Crippen LogP contribution in [0.15, 0.2) is 24.3 Å². The number of hydrogen-bond donors (Lipinski definition) is 2. The summed E-state index contributed by atoms with van der Waals surface area (Å²) in [6.45, 7) is 5.82. The number of carboxylic acid groups (broad SMARTS) is 1. The molecule has 0 amide bonds. The van der Waals surface area contributed by atoms with Crippen LogP contribution in [0.4, 0.5) is 5.69 Å². The fourth-order valence-electron chi connectivity index (χ4n) is 2.00. The lowest BCUT2D eigenvalue weighted by molar-refractivity contribution is -0.143. The summed E-state index contributed by atoms with van der Waals surface area (Å²) < 4.78 is 0. The van der Waals surface area contributed by atoms with Gasteiger partial charge in [0.2, 0.25) is 0 Å². The molecule has 1 rings (SSSR count). The molecule has 1 unspecified atom stereocenters. The van der Waals surface area contributed by atoms with Gasteiger partial charge >= 0.3 is 5.97 Å². The van der Waals surface area contributed by atoms with Crippen LogP contribution >= 0.6 is 0 Å². The van der Waals surface area contributed by atoms with E-state index in [1.165, 1.54) is 0 Å². The highest BCUT2D eigenvalue weighted by atomic mass is 16.4. The number of nitrogens with two attached hydrogens (primary N) is 1. The zero-order valence-corrected chi connectivity index (χ0v) is 10.0. The van der Waals surface area contributed by atoms with Crippen molar-refractivity contribution in [2.45, 2.75) is 32.6 Å². The molecule has 1 aromatic carbocycles. The largest absolute Gasteiger partial charge is 0.481 e. The second-order valence-corrected chi connectivity index (χ2v) is 4.86. The van der Waals surface area contributed by atoms with Crippen molar-refractivity contribution in [3.8, 4) is 0 Å². The topological polar surface area (TPSA) is 63.3 Å². The summed E-state index contributed by atoms with van der Waals surface area (Å²) in [7, 11) is 0. The number of aliphatic carboxylic acids is 1. The predicted molar refractivity (Wildman–Crippen MR) is 65.3 cm³/mol. The number of nitrogen functional groups attached to an aromatic ring is 1. The Morgan fingerprint density at radius 1 is 1.38 bits per heavy atom. The standard InChI is InChI=1S/C13H19NO2/c1-9(2)8-13(3,12(15)16)10-4-6-11(14)7-5-10/h4-7,9H,8,14H2,1-3H3,(H,15,16). The lowest BCUT2D eigenvalue weighted by atomic mass is 9.76. The van der Waals surface area contributed by atoms with Crippen LogP contribution in [0.3, 0.4) is 0 Å². The molecule has 1 aromatic rings. The monoisotopic (exact) mass is 221 g/mol. The fourth-order valence-corrected chi connectivity index (χ4v) is 2.00. The van der Waals surface area contributed by atoms with E-state index in [4.69, 9.17) is 5.73 Å². The number of rotatable bonds is 4. The zero-order chi connectivity index (χ0) is 12.3. The minimum absolute atomic E-state index is 0.332. The molecule has 88 valence electrons. The maximum Gasteiger partial charge on any atom is 0.313 e. The van der Waals surface area contributed by atoms with Crippen molar-refractivity contribution in [2.24, 2.45) is 5.92 Å². The molecule has 0 aliphatic carbocycles. The smallest absolute Gasteiger partial charge is 0.313 e. The van der Waals surface area contributed by atoms with Gasteiger partial charge in [0.05, 0.1) is 5.41 Å². The van der Waals surface area contributed by atoms with Gasteiger partial charge in [0.25, 0.3) is 0 Å². The third-order valence-corrected chi connectivity index (χ3v) is 2.84. The lowest BCUT2D eigenvalue weighted by Gasteiger charge is -2.27. The van der Waals surface area contributed by atoms with Crippen LogP contribution in [-0.4, -0.2) is 11.1 Å². The van der Waals surface area contributed by atoms with Crippen molar-refractivity contribution >= 4 is 11.7 Å². The molecule has 3 heteroatoms. The van der Waals surface area contributed by atoms with Gasteiger partial charge < -0.3 is 10.8 Å². The van der Waals surface area contributed by atoms with E-state index < -0.39 is 11.4 Å². The summed E-state index contributed by atoms with van der Waals surface area (Å²) in [6, 6.07) is 7.09. The Labute approximate surface area is 96.3 Å². The van der Waals surface area contributed by atoms with Gasteiger partial charge in [-0.3, -0.25) is 4.79 Å². The average molecular weight is 221 g/mol. The summed E-state index contributed by atoms with van der Waals surface area (Å²) in [6.07, 6.45) is 0.617. The zero-order valence-electron chi connectivity index (χ0n) is 10.0. The van der Waals surface area contributed by atoms with Crippen LogP contribution in [0.2, 0.25) is 0 Å². The van der Waals surface area contributed by atoms with Gasteiger partial charge in [-0.2, -0.15) is 0 Å². The molecule has 0 radical (unpaired) electrons. The van der Waals surface area contributed by atoms with Crippen molar-refractivity contribution in [2.75, 3.05) is 5.73 Å². The van der Waals surface area contributed by atoms with E-state index in [0.29, 0.717) is 18.0 Å². The second kappa shape index (κ2) is 4.56. The maximum atomic E-state index is 11.4. The SMILES string of the molecule is CC(C)CC(C)(C(=O)O)c1ccc(N)cc1. The van der Waals surface area contributed by atoms with Crippen molar-refractivity contribution in [1.29, 1.82) is 0 Å². The predicted octanol–water partition coefficient (Wildman–Crippen LogP) is 2.66. The second-order valence-electron chi connectivity index (χ2n) is 4.86. The minimum Gasteiger partial charge on any atom is -0.481 e. The Hall–Kier alpha value is -1.51. The third-order valence-electron chi connectivity index (χ3n) is 2.84. The van der Waals surface area contributed by atoms with Gasteiger partial charge in [0, 0.05) is 5.69 Å². The van der Waals surface area contributed by atoms with E-state index in [9.17, 15) is 9.90 Å². The lowest BCUT2D eigenvalue weighted by Crippen LogP contribution is -2.33. The van der Waals surface area contributed by atoms with Gasteiger partial charge in [-0.15, -0.1) is 0 Å². The number of anilines is 1. The van der Waals surface area contributed by atoms with Crippen LogP contribution in [0.25, 0.3) is 0 Å². The summed E-state index contributed by atoms with van der Waals surface area (Å²) in [5.41, 5.74) is 6.23. The van der Waals surface area contributed by atoms with Crippen molar-refractivity contribution in [3.05, 3.63) is 29.8 Å². The van der Waals surface area contributed by atoms with Crippen LogP contribution in [-0.2, 0) is 10.2 Å². The van der Waals surface area contributed by atoms with Gasteiger partial charge in [-0.1, -0.05) is 26.0 Å². The van der Waals surface area contributed by atoms with E-state index in [1.54, 1.807) is 31.2 Å². The molecule has 3 nitrogen and oxygen atoms in total. The normalized spacial score (nSPS) is 14.8. The Balaban J connectivity index is 3.11. The average Bonchev–Trinajstić information content (AvgIpc) is 2.17. The molecule has 0 aliphatic rings. The van der Waals surface area contributed by atoms with Gasteiger partial charge in [-0.05, 0) is 37.0 Å². The first kappa shape index (κ1) is 12.6. The quantitative estimate of drug-likeness (QED) is 0.768. The number of carbonyl (C=O) groups is 1. The molecule has 0 heterocycles. The summed E-state index contributed by atoms with van der Waals surface area (Å²) in [5.74, 6) is -0.454. The molecule has 0 aliphatic heterocycles. The number of hydrogen-bond acceptors (Lipinski definition) is 2. The molecule has 0 saturated carbocycles. The molecule has 0 fully saturated rings. The Bertz CT molecular complexity index is 370. The highest BCUT2D eigenvalue weighted by molar-refractivity contribution is 5.81. The molecule has 3 N–H and O–H groups in total. The fraction of sp³-hybridized carbons (Fsp3) is 0.462. The van der Waals surface area contributed by atoms with Crippen LogP contribution in [0.5, 0.6) is 0 Å². The van der Waals surface area contributed by atoms with Crippen LogP contribution < -0.4 is 5.73 Å². The molecule has 0 saturated heterocycles. The van der Waals surface area contributed by atoms with Crippen LogP contribution in [0, 0.1) is 5.92 Å². The molecule has 0 spiro atoms. The molecular weight excluding hydrogens is 202 g/mol. The minimum atomic E-state index is -0.831. The maximum absolute atomic E-state index is 11.4. The number of benzene rings is 1. The first-order valence-corrected chi connectivity index (χ1v) is 5.45. The van der Waals surface area contributed by atoms with Gasteiger partial charge in [0.1, 0.15) is 0 Å². The Kier molecular flexibility index (Phi) is 3.58. The Morgan fingerprint density at radius 3 is 2.25 bits per heavy atom. The molecular formula is C13H19NO2. The van der Waals surface area contributed by atoms with Gasteiger partial charge in [0.15, 0.2) is 0 Å². The summed E-state index contributed by atoms with van der Waals surface area (Å²) in [5, 5.41) is 9.37. The molecule has 1 atom stereocenters. The van der Waals surface area contributed by atoms with Crippen molar-refractivity contribution < 1.29 is 9.90 Å². The first-order chi connectivity index (χ1) is 7.36. The highest BCUT2D eigenvalue weighted by Crippen LogP contribution is 2.31. The van der Waals surface area contributed by atoms with Crippen LogP contribution in [0.1, 0.15) is 32.8 Å². The van der Waals surface area contributed by atoms with E-state index >= 15 is 0 Å².